The molecule has 2 heterocycles. The molecule has 0 spiro atoms. The molecule has 8 nitrogen and oxygen atoms in total. The Morgan fingerprint density at radius 3 is 2.54 bits per heavy atom. The van der Waals surface area contributed by atoms with Crippen LogP contribution in [0.15, 0.2) is 36.9 Å². The molecule has 1 amide bonds. The fraction of sp³-hybridized carbons (Fsp3) is 0.176. The maximum atomic E-state index is 14.5. The highest BCUT2D eigenvalue weighted by molar-refractivity contribution is 5.94. The first-order chi connectivity index (χ1) is 12.5. The Morgan fingerprint density at radius 2 is 1.92 bits per heavy atom. The second kappa shape index (κ2) is 7.18. The number of aromatic amines is 1. The number of para-hydroxylation sites is 1. The molecule has 0 radical (unpaired) electrons. The maximum Gasteiger partial charge on any atom is 0.274 e. The zero-order chi connectivity index (χ0) is 18.7. The summed E-state index contributed by atoms with van der Waals surface area (Å²) in [7, 11) is 0. The summed E-state index contributed by atoms with van der Waals surface area (Å²) in [5.41, 5.74) is 8.81. The molecular formula is C17H18FN7O. The van der Waals surface area contributed by atoms with E-state index in [9.17, 15) is 9.18 Å². The van der Waals surface area contributed by atoms with E-state index >= 15 is 0 Å². The van der Waals surface area contributed by atoms with Gasteiger partial charge in [-0.2, -0.15) is 10.2 Å². The van der Waals surface area contributed by atoms with Gasteiger partial charge in [-0.05, 0) is 32.4 Å². The molecule has 26 heavy (non-hydrogen) atoms. The Kier molecular flexibility index (Phi) is 4.78. The number of carbonyl (C=O) groups is 1. The number of amides is 1. The van der Waals surface area contributed by atoms with Crippen LogP contribution in [-0.2, 0) is 0 Å². The van der Waals surface area contributed by atoms with Crippen LogP contribution in [0.4, 0.5) is 15.8 Å². The third-order valence-corrected chi connectivity index (χ3v) is 3.80. The summed E-state index contributed by atoms with van der Waals surface area (Å²) in [6.07, 6.45) is 4.08. The van der Waals surface area contributed by atoms with Crippen molar-refractivity contribution in [3.63, 3.8) is 0 Å². The minimum absolute atomic E-state index is 0.192. The van der Waals surface area contributed by atoms with Crippen LogP contribution in [0.1, 0.15) is 27.3 Å². The summed E-state index contributed by atoms with van der Waals surface area (Å²) in [6.45, 7) is 5.37. The first kappa shape index (κ1) is 17.3. The number of rotatable bonds is 5. The van der Waals surface area contributed by atoms with Crippen molar-refractivity contribution in [1.29, 1.82) is 0 Å². The van der Waals surface area contributed by atoms with Gasteiger partial charge in [-0.15, -0.1) is 0 Å². The first-order valence-corrected chi connectivity index (χ1v) is 7.87. The lowest BCUT2D eigenvalue weighted by Gasteiger charge is -2.28. The second-order valence-electron chi connectivity index (χ2n) is 5.73. The van der Waals surface area contributed by atoms with Gasteiger partial charge in [0, 0.05) is 12.4 Å². The van der Waals surface area contributed by atoms with Crippen LogP contribution in [-0.4, -0.2) is 26.1 Å². The number of anilines is 2. The lowest BCUT2D eigenvalue weighted by atomic mass is 10.2. The van der Waals surface area contributed by atoms with Crippen LogP contribution in [0, 0.1) is 26.6 Å². The lowest BCUT2D eigenvalue weighted by molar-refractivity contribution is 0.0950. The SMILES string of the molecule is Cc1cccc(F)c1N(NC(=O)c1cncnc1)Nc1c(C)n[nH]c1C. The minimum atomic E-state index is -0.487. The van der Waals surface area contributed by atoms with Gasteiger partial charge >= 0.3 is 0 Å². The predicted octanol–water partition coefficient (Wildman–Crippen LogP) is 2.44. The summed E-state index contributed by atoms with van der Waals surface area (Å²) in [4.78, 5) is 20.2. The molecule has 0 saturated carbocycles. The molecule has 3 rings (SSSR count). The number of aryl methyl sites for hydroxylation is 3. The minimum Gasteiger partial charge on any atom is -0.280 e. The smallest absolute Gasteiger partial charge is 0.274 e. The number of halogens is 1. The molecule has 0 aliphatic rings. The largest absolute Gasteiger partial charge is 0.280 e. The van der Waals surface area contributed by atoms with E-state index < -0.39 is 11.7 Å². The predicted molar refractivity (Wildman–Crippen MR) is 94.8 cm³/mol. The van der Waals surface area contributed by atoms with Gasteiger partial charge in [0.1, 0.15) is 12.0 Å². The number of nitrogens with one attached hydrogen (secondary N) is 3. The van der Waals surface area contributed by atoms with Crippen molar-refractivity contribution >= 4 is 17.3 Å². The van der Waals surface area contributed by atoms with E-state index in [1.54, 1.807) is 26.0 Å². The number of carbonyl (C=O) groups excluding carboxylic acids is 1. The van der Waals surface area contributed by atoms with Crippen molar-refractivity contribution in [2.75, 3.05) is 10.5 Å². The average molecular weight is 355 g/mol. The van der Waals surface area contributed by atoms with Crippen LogP contribution in [0.2, 0.25) is 0 Å². The number of hydrogen-bond donors (Lipinski definition) is 3. The van der Waals surface area contributed by atoms with Crippen LogP contribution >= 0.6 is 0 Å². The molecule has 134 valence electrons. The van der Waals surface area contributed by atoms with Crippen molar-refractivity contribution in [2.45, 2.75) is 20.8 Å². The fourth-order valence-corrected chi connectivity index (χ4v) is 2.46. The molecule has 0 unspecified atom stereocenters. The molecule has 3 aromatic rings. The van der Waals surface area contributed by atoms with Crippen molar-refractivity contribution < 1.29 is 9.18 Å². The van der Waals surface area contributed by atoms with E-state index in [1.165, 1.54) is 29.9 Å². The molecule has 9 heteroatoms. The van der Waals surface area contributed by atoms with Crippen LogP contribution < -0.4 is 16.0 Å². The number of hydrogen-bond acceptors (Lipinski definition) is 6. The van der Waals surface area contributed by atoms with Crippen LogP contribution in [0.25, 0.3) is 0 Å². The quantitative estimate of drug-likeness (QED) is 0.608. The number of benzene rings is 1. The molecule has 1 aromatic carbocycles. The highest BCUT2D eigenvalue weighted by Gasteiger charge is 2.20. The Balaban J connectivity index is 1.98. The molecule has 0 aliphatic heterocycles. The zero-order valence-electron chi connectivity index (χ0n) is 14.5. The second-order valence-corrected chi connectivity index (χ2v) is 5.73. The van der Waals surface area contributed by atoms with Crippen LogP contribution in [0.3, 0.4) is 0 Å². The number of H-pyrrole nitrogens is 1. The highest BCUT2D eigenvalue weighted by atomic mass is 19.1. The standard InChI is InChI=1S/C17H18FN7O/c1-10-5-4-6-14(18)16(10)25(23-15-11(2)21-22-12(15)3)24-17(26)13-7-19-9-20-8-13/h4-9,23H,1-3H3,(H,21,22)(H,24,26). The molecular weight excluding hydrogens is 337 g/mol. The van der Waals surface area contributed by atoms with Crippen molar-refractivity contribution in [2.24, 2.45) is 0 Å². The van der Waals surface area contributed by atoms with Gasteiger partial charge in [0.25, 0.3) is 5.91 Å². The van der Waals surface area contributed by atoms with E-state index in [1.807, 2.05) is 6.92 Å². The van der Waals surface area contributed by atoms with Gasteiger partial charge in [-0.1, -0.05) is 12.1 Å². The molecule has 0 atom stereocenters. The van der Waals surface area contributed by atoms with Gasteiger partial charge in [0.15, 0.2) is 5.82 Å². The number of hydrazine groups is 2. The third-order valence-electron chi connectivity index (χ3n) is 3.80. The summed E-state index contributed by atoms with van der Waals surface area (Å²) in [5.74, 6) is -0.972. The van der Waals surface area contributed by atoms with Gasteiger partial charge in [-0.25, -0.2) is 19.8 Å². The van der Waals surface area contributed by atoms with Gasteiger partial charge in [0.05, 0.1) is 22.6 Å². The molecule has 0 bridgehead atoms. The van der Waals surface area contributed by atoms with Crippen molar-refractivity contribution in [3.05, 3.63) is 65.3 Å². The molecule has 0 saturated heterocycles. The molecule has 0 fully saturated rings. The molecule has 3 N–H and O–H groups in total. The Bertz CT molecular complexity index is 886. The number of aromatic nitrogens is 4. The monoisotopic (exact) mass is 355 g/mol. The Labute approximate surface area is 149 Å². The van der Waals surface area contributed by atoms with E-state index in [0.717, 1.165) is 5.69 Å². The van der Waals surface area contributed by atoms with E-state index in [-0.39, 0.29) is 11.3 Å². The summed E-state index contributed by atoms with van der Waals surface area (Å²) < 4.78 is 14.5. The zero-order valence-corrected chi connectivity index (χ0v) is 14.5. The number of nitrogens with zero attached hydrogens (tertiary/aromatic N) is 4. The fourth-order valence-electron chi connectivity index (χ4n) is 2.46. The normalized spacial score (nSPS) is 10.5. The van der Waals surface area contributed by atoms with Crippen molar-refractivity contribution in [1.82, 2.24) is 25.6 Å². The average Bonchev–Trinajstić information content (AvgIpc) is 2.94. The lowest BCUT2D eigenvalue weighted by Crippen LogP contribution is -2.47. The summed E-state index contributed by atoms with van der Waals surface area (Å²) in [6, 6.07) is 4.68. The molecule has 2 aromatic heterocycles. The maximum absolute atomic E-state index is 14.5. The summed E-state index contributed by atoms with van der Waals surface area (Å²) >= 11 is 0. The Hall–Kier alpha value is -3.49. The van der Waals surface area contributed by atoms with E-state index in [4.69, 9.17) is 0 Å². The van der Waals surface area contributed by atoms with Crippen molar-refractivity contribution in [3.8, 4) is 0 Å². The van der Waals surface area contributed by atoms with Crippen LogP contribution in [0.5, 0.6) is 0 Å². The van der Waals surface area contributed by atoms with E-state index in [0.29, 0.717) is 16.9 Å². The highest BCUT2D eigenvalue weighted by Crippen LogP contribution is 2.25. The van der Waals surface area contributed by atoms with E-state index in [2.05, 4.69) is 31.0 Å². The Morgan fingerprint density at radius 1 is 1.19 bits per heavy atom. The first-order valence-electron chi connectivity index (χ1n) is 7.87. The van der Waals surface area contributed by atoms with Gasteiger partial charge in [-0.3, -0.25) is 15.3 Å². The summed E-state index contributed by atoms with van der Waals surface area (Å²) in [5, 5.41) is 8.19. The van der Waals surface area contributed by atoms with Gasteiger partial charge in [0.2, 0.25) is 0 Å². The van der Waals surface area contributed by atoms with Gasteiger partial charge < -0.3 is 0 Å². The topological polar surface area (TPSA) is 98.8 Å². The molecule has 0 aliphatic carbocycles. The third kappa shape index (κ3) is 3.46.